The van der Waals surface area contributed by atoms with Gasteiger partial charge in [-0.1, -0.05) is 22.8 Å². The topological polar surface area (TPSA) is 80.5 Å². The second-order valence-corrected chi connectivity index (χ2v) is 6.76. The molecule has 3 rings (SSSR count). The van der Waals surface area contributed by atoms with Gasteiger partial charge >= 0.3 is 6.03 Å². The number of aryl methyl sites for hydroxylation is 1. The highest BCUT2D eigenvalue weighted by Gasteiger charge is 2.14. The molecule has 0 aliphatic carbocycles. The Hall–Kier alpha value is -3.06. The number of anilines is 1. The van der Waals surface area contributed by atoms with E-state index >= 15 is 0 Å². The summed E-state index contributed by atoms with van der Waals surface area (Å²) in [6, 6.07) is 12.5. The van der Waals surface area contributed by atoms with E-state index in [-0.39, 0.29) is 6.03 Å². The smallest absolute Gasteiger partial charge is 0.321 e. The molecule has 0 fully saturated rings. The summed E-state index contributed by atoms with van der Waals surface area (Å²) in [5.41, 5.74) is 2.45. The first-order valence-corrected chi connectivity index (χ1v) is 9.09. The number of hydrogen-bond donors (Lipinski definition) is 1. The fourth-order valence-electron chi connectivity index (χ4n) is 2.56. The fourth-order valence-corrected chi connectivity index (χ4v) is 2.69. The normalized spacial score (nSPS) is 10.6. The van der Waals surface area contributed by atoms with Gasteiger partial charge in [0.2, 0.25) is 0 Å². The van der Waals surface area contributed by atoms with Gasteiger partial charge in [0.25, 0.3) is 5.89 Å². The zero-order chi connectivity index (χ0) is 20.1. The number of carbonyl (C=O) groups is 1. The van der Waals surface area contributed by atoms with Gasteiger partial charge in [0.15, 0.2) is 5.82 Å². The molecule has 0 aliphatic rings. The zero-order valence-corrected chi connectivity index (χ0v) is 16.7. The molecule has 0 atom stereocenters. The van der Waals surface area contributed by atoms with Crippen LogP contribution >= 0.6 is 11.6 Å². The van der Waals surface area contributed by atoms with Crippen molar-refractivity contribution in [1.29, 1.82) is 0 Å². The van der Waals surface area contributed by atoms with Gasteiger partial charge in [-0.25, -0.2) is 4.79 Å². The second kappa shape index (κ2) is 8.75. The van der Waals surface area contributed by atoms with Crippen molar-refractivity contribution in [3.8, 4) is 17.2 Å². The van der Waals surface area contributed by atoms with E-state index in [1.807, 2.05) is 37.3 Å². The Morgan fingerprint density at radius 1 is 1.25 bits per heavy atom. The van der Waals surface area contributed by atoms with E-state index in [2.05, 4.69) is 15.5 Å². The lowest BCUT2D eigenvalue weighted by molar-refractivity contribution is 0.222. The molecule has 0 spiro atoms. The number of hydrogen-bond acceptors (Lipinski definition) is 5. The van der Waals surface area contributed by atoms with Crippen LogP contribution in [-0.2, 0) is 6.42 Å². The number of halogens is 1. The first-order chi connectivity index (χ1) is 13.5. The number of benzene rings is 2. The average molecular weight is 401 g/mol. The van der Waals surface area contributed by atoms with Crippen molar-refractivity contribution < 1.29 is 14.1 Å². The fraction of sp³-hybridized carbons (Fsp3) is 0.250. The summed E-state index contributed by atoms with van der Waals surface area (Å²) >= 11 is 5.89. The van der Waals surface area contributed by atoms with Crippen molar-refractivity contribution in [2.75, 3.05) is 26.0 Å². The highest BCUT2D eigenvalue weighted by atomic mass is 35.5. The van der Waals surface area contributed by atoms with Crippen LogP contribution in [0.2, 0.25) is 5.02 Å². The summed E-state index contributed by atoms with van der Waals surface area (Å²) in [6.45, 7) is 2.38. The van der Waals surface area contributed by atoms with Gasteiger partial charge in [0, 0.05) is 30.6 Å². The van der Waals surface area contributed by atoms with Crippen LogP contribution < -0.4 is 10.1 Å². The molecule has 0 bridgehead atoms. The summed E-state index contributed by atoms with van der Waals surface area (Å²) in [4.78, 5) is 18.4. The van der Waals surface area contributed by atoms with Crippen molar-refractivity contribution in [1.82, 2.24) is 15.0 Å². The van der Waals surface area contributed by atoms with Gasteiger partial charge in [0.05, 0.1) is 12.8 Å². The number of ether oxygens (including phenoxy) is 1. The highest BCUT2D eigenvalue weighted by Crippen LogP contribution is 2.25. The van der Waals surface area contributed by atoms with Gasteiger partial charge in [-0.05, 0) is 48.9 Å². The zero-order valence-electron chi connectivity index (χ0n) is 15.9. The van der Waals surface area contributed by atoms with Crippen molar-refractivity contribution in [2.24, 2.45) is 0 Å². The van der Waals surface area contributed by atoms with E-state index in [4.69, 9.17) is 20.9 Å². The highest BCUT2D eigenvalue weighted by molar-refractivity contribution is 6.30. The number of amides is 2. The Morgan fingerprint density at radius 2 is 2.00 bits per heavy atom. The Labute approximate surface area is 168 Å². The number of aromatic nitrogens is 2. The van der Waals surface area contributed by atoms with E-state index in [9.17, 15) is 4.79 Å². The molecular weight excluding hydrogens is 380 g/mol. The molecule has 1 N–H and O–H groups in total. The van der Waals surface area contributed by atoms with Gasteiger partial charge < -0.3 is 19.5 Å². The minimum atomic E-state index is -0.245. The maximum Gasteiger partial charge on any atom is 0.321 e. The SMILES string of the molecule is COc1ccc(C)cc1NC(=O)N(C)CCc1noc(-c2ccc(Cl)cc2)n1. The number of rotatable bonds is 6. The van der Waals surface area contributed by atoms with Crippen LogP contribution in [0, 0.1) is 6.92 Å². The van der Waals surface area contributed by atoms with Crippen LogP contribution in [0.1, 0.15) is 11.4 Å². The lowest BCUT2D eigenvalue weighted by Gasteiger charge is -2.18. The van der Waals surface area contributed by atoms with Crippen LogP contribution in [0.25, 0.3) is 11.5 Å². The molecule has 3 aromatic rings. The first-order valence-electron chi connectivity index (χ1n) is 8.71. The maximum atomic E-state index is 12.5. The predicted octanol–water partition coefficient (Wildman–Crippen LogP) is 4.41. The van der Waals surface area contributed by atoms with Crippen LogP contribution in [0.15, 0.2) is 47.0 Å². The standard InChI is InChI=1S/C20H21ClN4O3/c1-13-4-9-17(27-3)16(12-13)22-20(26)25(2)11-10-18-23-19(28-24-18)14-5-7-15(21)8-6-14/h4-9,12H,10-11H2,1-3H3,(H,22,26). The minimum Gasteiger partial charge on any atom is -0.495 e. The van der Waals surface area contributed by atoms with Gasteiger partial charge in [-0.15, -0.1) is 0 Å². The molecule has 2 aromatic carbocycles. The number of methoxy groups -OCH3 is 1. The average Bonchev–Trinajstić information content (AvgIpc) is 3.16. The Bertz CT molecular complexity index is 956. The number of likely N-dealkylation sites (N-methyl/N-ethyl adjacent to an activating group) is 1. The lowest BCUT2D eigenvalue weighted by atomic mass is 10.2. The molecule has 0 saturated carbocycles. The van der Waals surface area contributed by atoms with E-state index in [1.54, 1.807) is 31.2 Å². The van der Waals surface area contributed by atoms with Crippen LogP contribution in [-0.4, -0.2) is 41.8 Å². The van der Waals surface area contributed by atoms with Crippen molar-refractivity contribution in [3.63, 3.8) is 0 Å². The van der Waals surface area contributed by atoms with Gasteiger partial charge in [-0.2, -0.15) is 4.98 Å². The maximum absolute atomic E-state index is 12.5. The number of carbonyl (C=O) groups excluding carboxylic acids is 1. The van der Waals surface area contributed by atoms with Gasteiger partial charge in [0.1, 0.15) is 5.75 Å². The summed E-state index contributed by atoms with van der Waals surface area (Å²) in [5.74, 6) is 1.55. The van der Waals surface area contributed by atoms with Crippen LogP contribution in [0.5, 0.6) is 5.75 Å². The van der Waals surface area contributed by atoms with Gasteiger partial charge in [-0.3, -0.25) is 0 Å². The number of nitrogens with one attached hydrogen (secondary N) is 1. The second-order valence-electron chi connectivity index (χ2n) is 6.33. The monoisotopic (exact) mass is 400 g/mol. The molecule has 7 nitrogen and oxygen atoms in total. The summed E-state index contributed by atoms with van der Waals surface area (Å²) in [5, 5.41) is 7.47. The number of urea groups is 1. The molecule has 1 aromatic heterocycles. The molecule has 0 saturated heterocycles. The molecule has 0 unspecified atom stereocenters. The third-order valence-corrected chi connectivity index (χ3v) is 4.43. The summed E-state index contributed by atoms with van der Waals surface area (Å²) < 4.78 is 10.6. The molecule has 146 valence electrons. The summed E-state index contributed by atoms with van der Waals surface area (Å²) in [7, 11) is 3.27. The quantitative estimate of drug-likeness (QED) is 0.662. The molecule has 28 heavy (non-hydrogen) atoms. The first kappa shape index (κ1) is 19.7. The van der Waals surface area contributed by atoms with E-state index in [0.29, 0.717) is 41.1 Å². The molecule has 1 heterocycles. The van der Waals surface area contributed by atoms with E-state index < -0.39 is 0 Å². The minimum absolute atomic E-state index is 0.245. The van der Waals surface area contributed by atoms with Crippen LogP contribution in [0.3, 0.4) is 0 Å². The third kappa shape index (κ3) is 4.80. The molecule has 2 amide bonds. The largest absolute Gasteiger partial charge is 0.495 e. The lowest BCUT2D eigenvalue weighted by Crippen LogP contribution is -2.33. The predicted molar refractivity (Wildman–Crippen MR) is 108 cm³/mol. The molecule has 8 heteroatoms. The Balaban J connectivity index is 1.58. The molecule has 0 aliphatic heterocycles. The Kier molecular flexibility index (Phi) is 6.16. The third-order valence-electron chi connectivity index (χ3n) is 4.17. The number of nitrogens with zero attached hydrogens (tertiary/aromatic N) is 3. The van der Waals surface area contributed by atoms with E-state index in [1.165, 1.54) is 0 Å². The van der Waals surface area contributed by atoms with Crippen molar-refractivity contribution in [3.05, 3.63) is 58.9 Å². The Morgan fingerprint density at radius 3 is 2.71 bits per heavy atom. The van der Waals surface area contributed by atoms with Crippen molar-refractivity contribution in [2.45, 2.75) is 13.3 Å². The molecule has 0 radical (unpaired) electrons. The van der Waals surface area contributed by atoms with Crippen LogP contribution in [0.4, 0.5) is 10.5 Å². The van der Waals surface area contributed by atoms with E-state index in [0.717, 1.165) is 11.1 Å². The molecular formula is C20H21ClN4O3. The summed E-state index contributed by atoms with van der Waals surface area (Å²) in [6.07, 6.45) is 0.464. The van der Waals surface area contributed by atoms with Crippen molar-refractivity contribution >= 4 is 23.3 Å².